The van der Waals surface area contributed by atoms with Crippen molar-refractivity contribution in [1.29, 1.82) is 0 Å². The monoisotopic (exact) mass is 388 g/mol. The molecule has 1 aromatic carbocycles. The van der Waals surface area contributed by atoms with Gasteiger partial charge in [-0.2, -0.15) is 0 Å². The number of para-hydroxylation sites is 1. The lowest BCUT2D eigenvalue weighted by Gasteiger charge is -2.37. The van der Waals surface area contributed by atoms with Gasteiger partial charge in [-0.05, 0) is 44.7 Å². The highest BCUT2D eigenvalue weighted by Gasteiger charge is 2.47. The lowest BCUT2D eigenvalue weighted by Crippen LogP contribution is -2.52. The number of hydrogen-bond acceptors (Lipinski definition) is 5. The number of esters is 1. The zero-order valence-electron chi connectivity index (χ0n) is 17.1. The minimum atomic E-state index is -0.410. The van der Waals surface area contributed by atoms with Crippen LogP contribution in [0.2, 0.25) is 0 Å². The molecule has 0 aromatic heterocycles. The molecule has 0 saturated carbocycles. The smallest absolute Gasteiger partial charge is 0.336 e. The molecule has 3 rings (SSSR count). The second-order valence-electron chi connectivity index (χ2n) is 7.39. The molecule has 1 fully saturated rings. The molecule has 2 bridgehead atoms. The summed E-state index contributed by atoms with van der Waals surface area (Å²) in [5.41, 5.74) is 2.20. The van der Waals surface area contributed by atoms with Crippen molar-refractivity contribution in [2.75, 3.05) is 21.3 Å². The number of nitrogens with one attached hydrogen (secondary N) is 1. The topological polar surface area (TPSA) is 77.1 Å². The number of amides is 2. The van der Waals surface area contributed by atoms with Crippen LogP contribution in [0, 0.1) is 0 Å². The van der Waals surface area contributed by atoms with Crippen LogP contribution in [-0.4, -0.2) is 56.4 Å². The standard InChI is InChI=1S/C21H28N2O5/c1-12(2)22-21(25)23-13-9-10-16(23)18(20(24)28-5)15(11-13)14-7-6-8-17(26-3)19(14)27-4/h6-8,12-13,16H,9-11H2,1-5H3,(H,22,25). The van der Waals surface area contributed by atoms with Crippen molar-refractivity contribution in [2.24, 2.45) is 0 Å². The van der Waals surface area contributed by atoms with Gasteiger partial charge in [-0.15, -0.1) is 0 Å². The quantitative estimate of drug-likeness (QED) is 0.785. The number of hydrogen-bond donors (Lipinski definition) is 1. The maximum absolute atomic E-state index is 12.8. The third-order valence-electron chi connectivity index (χ3n) is 5.38. The fraction of sp³-hybridized carbons (Fsp3) is 0.524. The normalized spacial score (nSPS) is 21.0. The summed E-state index contributed by atoms with van der Waals surface area (Å²) in [6, 6.07) is 5.22. The van der Waals surface area contributed by atoms with E-state index in [1.54, 1.807) is 14.2 Å². The van der Waals surface area contributed by atoms with Crippen molar-refractivity contribution in [3.05, 3.63) is 29.3 Å². The molecule has 0 spiro atoms. The summed E-state index contributed by atoms with van der Waals surface area (Å²) in [5.74, 6) is 0.775. The first-order valence-electron chi connectivity index (χ1n) is 9.54. The number of rotatable bonds is 5. The number of carbonyl (C=O) groups excluding carboxylic acids is 2. The molecule has 152 valence electrons. The van der Waals surface area contributed by atoms with E-state index in [0.29, 0.717) is 23.5 Å². The van der Waals surface area contributed by atoms with E-state index < -0.39 is 5.97 Å². The molecule has 2 heterocycles. The van der Waals surface area contributed by atoms with Crippen LogP contribution in [0.4, 0.5) is 4.79 Å². The van der Waals surface area contributed by atoms with E-state index in [4.69, 9.17) is 14.2 Å². The van der Waals surface area contributed by atoms with Gasteiger partial charge in [-0.25, -0.2) is 9.59 Å². The molecular weight excluding hydrogens is 360 g/mol. The van der Waals surface area contributed by atoms with Gasteiger partial charge >= 0.3 is 12.0 Å². The molecule has 1 N–H and O–H groups in total. The third kappa shape index (κ3) is 3.41. The van der Waals surface area contributed by atoms with Gasteiger partial charge in [0.05, 0.1) is 32.9 Å². The highest BCUT2D eigenvalue weighted by molar-refractivity contribution is 6.01. The van der Waals surface area contributed by atoms with E-state index in [9.17, 15) is 9.59 Å². The molecular formula is C21H28N2O5. The first kappa shape index (κ1) is 20.0. The number of carbonyl (C=O) groups is 2. The number of urea groups is 1. The second-order valence-corrected chi connectivity index (χ2v) is 7.39. The Morgan fingerprint density at radius 2 is 1.89 bits per heavy atom. The van der Waals surface area contributed by atoms with Gasteiger partial charge in [-0.1, -0.05) is 12.1 Å². The minimum absolute atomic E-state index is 0.0253. The Hall–Kier alpha value is -2.70. The lowest BCUT2D eigenvalue weighted by atomic mass is 9.87. The Bertz CT molecular complexity index is 802. The molecule has 7 heteroatoms. The molecule has 2 atom stereocenters. The number of ether oxygens (including phenoxy) is 3. The number of methoxy groups -OCH3 is 3. The van der Waals surface area contributed by atoms with Crippen molar-refractivity contribution in [1.82, 2.24) is 10.2 Å². The Morgan fingerprint density at radius 3 is 2.50 bits per heavy atom. The lowest BCUT2D eigenvalue weighted by molar-refractivity contribution is -0.136. The number of fused-ring (bicyclic) bond motifs is 2. The van der Waals surface area contributed by atoms with Crippen LogP contribution >= 0.6 is 0 Å². The zero-order chi connectivity index (χ0) is 20.4. The molecule has 0 radical (unpaired) electrons. The average molecular weight is 388 g/mol. The maximum atomic E-state index is 12.8. The predicted molar refractivity (Wildman–Crippen MR) is 105 cm³/mol. The molecule has 7 nitrogen and oxygen atoms in total. The molecule has 1 aromatic rings. The molecule has 2 aliphatic rings. The van der Waals surface area contributed by atoms with Crippen LogP contribution in [0.1, 0.15) is 38.7 Å². The summed E-state index contributed by atoms with van der Waals surface area (Å²) in [6.45, 7) is 3.85. The van der Waals surface area contributed by atoms with Crippen molar-refractivity contribution in [3.8, 4) is 11.5 Å². The van der Waals surface area contributed by atoms with Crippen molar-refractivity contribution in [3.63, 3.8) is 0 Å². The second kappa shape index (κ2) is 8.12. The molecule has 28 heavy (non-hydrogen) atoms. The Labute approximate surface area is 165 Å². The molecule has 2 amide bonds. The molecule has 1 saturated heterocycles. The van der Waals surface area contributed by atoms with Crippen LogP contribution in [0.15, 0.2) is 23.8 Å². The summed E-state index contributed by atoms with van der Waals surface area (Å²) < 4.78 is 16.1. The largest absolute Gasteiger partial charge is 0.493 e. The molecule has 0 aliphatic carbocycles. The summed E-state index contributed by atoms with van der Waals surface area (Å²) >= 11 is 0. The Morgan fingerprint density at radius 1 is 1.14 bits per heavy atom. The molecule has 2 aliphatic heterocycles. The van der Waals surface area contributed by atoms with Crippen molar-refractivity contribution >= 4 is 17.6 Å². The van der Waals surface area contributed by atoms with Gasteiger partial charge in [-0.3, -0.25) is 0 Å². The Balaban J connectivity index is 2.12. The van der Waals surface area contributed by atoms with Gasteiger partial charge in [0.1, 0.15) is 0 Å². The van der Waals surface area contributed by atoms with E-state index in [-0.39, 0.29) is 24.2 Å². The van der Waals surface area contributed by atoms with Gasteiger partial charge in [0.15, 0.2) is 11.5 Å². The summed E-state index contributed by atoms with van der Waals surface area (Å²) in [4.78, 5) is 27.4. The van der Waals surface area contributed by atoms with E-state index in [0.717, 1.165) is 24.0 Å². The van der Waals surface area contributed by atoms with E-state index >= 15 is 0 Å². The van der Waals surface area contributed by atoms with E-state index in [1.165, 1.54) is 7.11 Å². The van der Waals surface area contributed by atoms with Crippen molar-refractivity contribution < 1.29 is 23.8 Å². The zero-order valence-corrected chi connectivity index (χ0v) is 17.1. The van der Waals surface area contributed by atoms with Gasteiger partial charge in [0.25, 0.3) is 0 Å². The third-order valence-corrected chi connectivity index (χ3v) is 5.38. The highest BCUT2D eigenvalue weighted by Crippen LogP contribution is 2.47. The highest BCUT2D eigenvalue weighted by atomic mass is 16.5. The molecule has 2 unspecified atom stereocenters. The van der Waals surface area contributed by atoms with E-state index in [2.05, 4.69) is 5.32 Å². The average Bonchev–Trinajstić information content (AvgIpc) is 2.99. The fourth-order valence-electron chi connectivity index (χ4n) is 4.29. The summed E-state index contributed by atoms with van der Waals surface area (Å²) in [5, 5.41) is 2.95. The fourth-order valence-corrected chi connectivity index (χ4v) is 4.29. The van der Waals surface area contributed by atoms with Crippen LogP contribution in [0.3, 0.4) is 0 Å². The van der Waals surface area contributed by atoms with Crippen molar-refractivity contribution in [2.45, 2.75) is 51.2 Å². The van der Waals surface area contributed by atoms with Crippen LogP contribution < -0.4 is 14.8 Å². The Kier molecular flexibility index (Phi) is 5.82. The SMILES string of the molecule is COC(=O)C1=C(c2cccc(OC)c2OC)CC2CCC1N2C(=O)NC(C)C. The van der Waals surface area contributed by atoms with Gasteiger partial charge in [0.2, 0.25) is 0 Å². The van der Waals surface area contributed by atoms with Gasteiger partial charge in [0, 0.05) is 17.6 Å². The summed E-state index contributed by atoms with van der Waals surface area (Å²) in [7, 11) is 4.54. The number of benzene rings is 1. The minimum Gasteiger partial charge on any atom is -0.493 e. The first-order chi connectivity index (χ1) is 13.4. The van der Waals surface area contributed by atoms with Crippen LogP contribution in [0.25, 0.3) is 5.57 Å². The maximum Gasteiger partial charge on any atom is 0.336 e. The first-order valence-corrected chi connectivity index (χ1v) is 9.54. The van der Waals surface area contributed by atoms with Crippen LogP contribution in [0.5, 0.6) is 11.5 Å². The van der Waals surface area contributed by atoms with E-state index in [1.807, 2.05) is 36.9 Å². The number of nitrogens with zero attached hydrogens (tertiary/aromatic N) is 1. The predicted octanol–water partition coefficient (Wildman–Crippen LogP) is 2.99. The summed E-state index contributed by atoms with van der Waals surface area (Å²) in [6.07, 6.45) is 2.14. The van der Waals surface area contributed by atoms with Gasteiger partial charge < -0.3 is 24.4 Å². The van der Waals surface area contributed by atoms with Crippen LogP contribution in [-0.2, 0) is 9.53 Å².